The molecule has 5 nitrogen and oxygen atoms in total. The minimum Gasteiger partial charge on any atom is -0.493 e. The van der Waals surface area contributed by atoms with E-state index in [4.69, 9.17) is 26.2 Å². The first-order chi connectivity index (χ1) is 15.4. The summed E-state index contributed by atoms with van der Waals surface area (Å²) in [7, 11) is 1.58. The van der Waals surface area contributed by atoms with Gasteiger partial charge in [0.2, 0.25) is 0 Å². The Balaban J connectivity index is 1.49. The van der Waals surface area contributed by atoms with Crippen molar-refractivity contribution in [3.05, 3.63) is 93.5 Å². The van der Waals surface area contributed by atoms with Crippen LogP contribution in [0.2, 0.25) is 5.02 Å². The van der Waals surface area contributed by atoms with Gasteiger partial charge in [-0.2, -0.15) is 0 Å². The van der Waals surface area contributed by atoms with Crippen molar-refractivity contribution in [1.82, 2.24) is 5.32 Å². The van der Waals surface area contributed by atoms with Gasteiger partial charge in [-0.1, -0.05) is 48.0 Å². The summed E-state index contributed by atoms with van der Waals surface area (Å²) in [6.07, 6.45) is 1.39. The van der Waals surface area contributed by atoms with Crippen LogP contribution in [0.25, 0.3) is 0 Å². The molecule has 0 saturated heterocycles. The number of ether oxygens (including phenoxy) is 2. The van der Waals surface area contributed by atoms with Crippen molar-refractivity contribution >= 4 is 17.5 Å². The number of aliphatic hydroxyl groups is 1. The molecule has 3 aromatic carbocycles. The largest absolute Gasteiger partial charge is 0.493 e. The third kappa shape index (κ3) is 4.90. The molecule has 166 valence electrons. The van der Waals surface area contributed by atoms with E-state index in [2.05, 4.69) is 12.2 Å². The van der Waals surface area contributed by atoms with E-state index in [1.807, 2.05) is 54.6 Å². The Morgan fingerprint density at radius 1 is 1.09 bits per heavy atom. The minimum atomic E-state index is -0.438. The molecule has 0 aliphatic carbocycles. The van der Waals surface area contributed by atoms with Crippen LogP contribution < -0.4 is 14.8 Å². The molecule has 0 bridgehead atoms. The molecule has 0 aromatic heterocycles. The number of hydrogen-bond donors (Lipinski definition) is 2. The summed E-state index contributed by atoms with van der Waals surface area (Å²) in [5.74, 6) is 1.07. The van der Waals surface area contributed by atoms with Crippen LogP contribution in [0.5, 0.6) is 11.5 Å². The number of methoxy groups -OCH3 is 1. The number of rotatable bonds is 7. The Bertz CT molecular complexity index is 1110. The predicted octanol–water partition coefficient (Wildman–Crippen LogP) is 4.71. The van der Waals surface area contributed by atoms with Crippen molar-refractivity contribution < 1.29 is 19.4 Å². The standard InChI is InChI=1S/C26H26ClNO4/c1-26(13-17-7-9-22(27)10-8-17)14-21-11-20(12-23(31-2)24(21)32-26)25(30)28-15-18-3-5-19(16-29)6-4-18/h3-12,29H,13-16H2,1-2H3,(H,28,30)/t26-/m0/s1. The van der Waals surface area contributed by atoms with Crippen molar-refractivity contribution in [1.29, 1.82) is 0 Å². The lowest BCUT2D eigenvalue weighted by Crippen LogP contribution is -2.32. The fourth-order valence-electron chi connectivity index (χ4n) is 4.05. The van der Waals surface area contributed by atoms with E-state index in [0.717, 1.165) is 22.3 Å². The predicted molar refractivity (Wildman–Crippen MR) is 124 cm³/mol. The highest BCUT2D eigenvalue weighted by molar-refractivity contribution is 6.30. The van der Waals surface area contributed by atoms with Gasteiger partial charge < -0.3 is 19.9 Å². The van der Waals surface area contributed by atoms with Crippen molar-refractivity contribution in [2.45, 2.75) is 38.5 Å². The normalized spacial score (nSPS) is 16.9. The quantitative estimate of drug-likeness (QED) is 0.546. The number of amides is 1. The van der Waals surface area contributed by atoms with Gasteiger partial charge in [-0.25, -0.2) is 0 Å². The average molecular weight is 452 g/mol. The lowest BCUT2D eigenvalue weighted by Gasteiger charge is -2.24. The summed E-state index contributed by atoms with van der Waals surface area (Å²) < 4.78 is 11.9. The van der Waals surface area contributed by atoms with Crippen LogP contribution in [0, 0.1) is 0 Å². The van der Waals surface area contributed by atoms with E-state index < -0.39 is 5.60 Å². The molecule has 2 N–H and O–H groups in total. The van der Waals surface area contributed by atoms with Crippen molar-refractivity contribution in [2.24, 2.45) is 0 Å². The van der Waals surface area contributed by atoms with Gasteiger partial charge in [-0.05, 0) is 47.9 Å². The topological polar surface area (TPSA) is 67.8 Å². The van der Waals surface area contributed by atoms with Crippen LogP contribution in [-0.4, -0.2) is 23.7 Å². The summed E-state index contributed by atoms with van der Waals surface area (Å²) in [5, 5.41) is 12.8. The second-order valence-electron chi connectivity index (χ2n) is 8.36. The molecule has 6 heteroatoms. The summed E-state index contributed by atoms with van der Waals surface area (Å²) in [4.78, 5) is 12.8. The fourth-order valence-corrected chi connectivity index (χ4v) is 4.18. The summed E-state index contributed by atoms with van der Waals surface area (Å²) in [6.45, 7) is 2.46. The molecule has 1 aliphatic rings. The number of hydrogen-bond acceptors (Lipinski definition) is 4. The number of halogens is 1. The van der Waals surface area contributed by atoms with Gasteiger partial charge in [0, 0.05) is 35.5 Å². The zero-order valence-corrected chi connectivity index (χ0v) is 18.9. The Morgan fingerprint density at radius 2 is 1.75 bits per heavy atom. The third-order valence-electron chi connectivity index (χ3n) is 5.68. The van der Waals surface area contributed by atoms with Crippen LogP contribution in [0.4, 0.5) is 0 Å². The zero-order valence-electron chi connectivity index (χ0n) is 18.2. The smallest absolute Gasteiger partial charge is 0.251 e. The molecule has 3 aromatic rings. The monoisotopic (exact) mass is 451 g/mol. The van der Waals surface area contributed by atoms with Crippen molar-refractivity contribution in [3.8, 4) is 11.5 Å². The van der Waals surface area contributed by atoms with Crippen LogP contribution in [-0.2, 0) is 26.0 Å². The van der Waals surface area contributed by atoms with Crippen LogP contribution in [0.3, 0.4) is 0 Å². The molecule has 1 aliphatic heterocycles. The first kappa shape index (κ1) is 22.2. The molecule has 4 rings (SSSR count). The van der Waals surface area contributed by atoms with Gasteiger partial charge in [0.15, 0.2) is 11.5 Å². The number of benzene rings is 3. The molecule has 0 unspecified atom stereocenters. The minimum absolute atomic E-state index is 0.000564. The second-order valence-corrected chi connectivity index (χ2v) is 8.79. The number of fused-ring (bicyclic) bond motifs is 1. The maximum atomic E-state index is 12.8. The summed E-state index contributed by atoms with van der Waals surface area (Å²) in [5.41, 5.74) is 3.99. The van der Waals surface area contributed by atoms with Gasteiger partial charge in [0.25, 0.3) is 5.91 Å². The van der Waals surface area contributed by atoms with Crippen molar-refractivity contribution in [3.63, 3.8) is 0 Å². The maximum absolute atomic E-state index is 12.8. The van der Waals surface area contributed by atoms with Gasteiger partial charge in [0.05, 0.1) is 13.7 Å². The number of carbonyl (C=O) groups is 1. The molecule has 0 saturated carbocycles. The molecular weight excluding hydrogens is 426 g/mol. The van der Waals surface area contributed by atoms with Gasteiger partial charge in [-0.15, -0.1) is 0 Å². The molecule has 0 radical (unpaired) electrons. The molecule has 1 heterocycles. The Hall–Kier alpha value is -3.02. The SMILES string of the molecule is COc1cc(C(=O)NCc2ccc(CO)cc2)cc2c1O[C@@](C)(Cc1ccc(Cl)cc1)C2. The Kier molecular flexibility index (Phi) is 6.40. The molecule has 32 heavy (non-hydrogen) atoms. The zero-order chi connectivity index (χ0) is 22.7. The summed E-state index contributed by atoms with van der Waals surface area (Å²) >= 11 is 6.01. The van der Waals surface area contributed by atoms with E-state index in [1.54, 1.807) is 13.2 Å². The van der Waals surface area contributed by atoms with Gasteiger partial charge in [0.1, 0.15) is 5.60 Å². The van der Waals surface area contributed by atoms with Gasteiger partial charge >= 0.3 is 0 Å². The highest BCUT2D eigenvalue weighted by Gasteiger charge is 2.37. The van der Waals surface area contributed by atoms with Gasteiger partial charge in [-0.3, -0.25) is 4.79 Å². The van der Waals surface area contributed by atoms with E-state index in [-0.39, 0.29) is 12.5 Å². The molecule has 1 amide bonds. The Morgan fingerprint density at radius 3 is 2.41 bits per heavy atom. The second kappa shape index (κ2) is 9.23. The first-order valence-electron chi connectivity index (χ1n) is 10.5. The molecule has 0 spiro atoms. The summed E-state index contributed by atoms with van der Waals surface area (Å²) in [6, 6.07) is 18.8. The van der Waals surface area contributed by atoms with E-state index >= 15 is 0 Å². The lowest BCUT2D eigenvalue weighted by molar-refractivity contribution is 0.0950. The molecular formula is C26H26ClNO4. The van der Waals surface area contributed by atoms with Crippen molar-refractivity contribution in [2.75, 3.05) is 7.11 Å². The Labute approximate surface area is 192 Å². The highest BCUT2D eigenvalue weighted by atomic mass is 35.5. The fraction of sp³-hybridized carbons (Fsp3) is 0.269. The highest BCUT2D eigenvalue weighted by Crippen LogP contribution is 2.44. The lowest BCUT2D eigenvalue weighted by atomic mass is 9.91. The molecule has 1 atom stereocenters. The van der Waals surface area contributed by atoms with Crippen LogP contribution in [0.15, 0.2) is 60.7 Å². The number of carbonyl (C=O) groups excluding carboxylic acids is 1. The van der Waals surface area contributed by atoms with Crippen LogP contribution >= 0.6 is 11.6 Å². The average Bonchev–Trinajstić information content (AvgIpc) is 3.14. The van der Waals surface area contributed by atoms with E-state index in [1.165, 1.54) is 0 Å². The number of nitrogens with one attached hydrogen (secondary N) is 1. The van der Waals surface area contributed by atoms with E-state index in [0.29, 0.717) is 41.5 Å². The number of aliphatic hydroxyl groups excluding tert-OH is 1. The van der Waals surface area contributed by atoms with E-state index in [9.17, 15) is 4.79 Å². The van der Waals surface area contributed by atoms with Crippen LogP contribution in [0.1, 0.15) is 39.5 Å². The molecule has 0 fully saturated rings. The first-order valence-corrected chi connectivity index (χ1v) is 10.9. The maximum Gasteiger partial charge on any atom is 0.251 e. The third-order valence-corrected chi connectivity index (χ3v) is 5.93.